The van der Waals surface area contributed by atoms with E-state index in [2.05, 4.69) is 9.97 Å². The molecule has 0 bridgehead atoms. The lowest BCUT2D eigenvalue weighted by Gasteiger charge is -2.36. The molecule has 2 heterocycles. The summed E-state index contributed by atoms with van der Waals surface area (Å²) < 4.78 is 40.4. The smallest absolute Gasteiger partial charge is 0.296 e. The zero-order valence-corrected chi connectivity index (χ0v) is 14.5. The highest BCUT2D eigenvalue weighted by Crippen LogP contribution is 2.41. The summed E-state index contributed by atoms with van der Waals surface area (Å²) in [5, 5.41) is 0.398. The van der Waals surface area contributed by atoms with Gasteiger partial charge >= 0.3 is 0 Å². The van der Waals surface area contributed by atoms with Crippen LogP contribution in [0.5, 0.6) is 11.5 Å². The fourth-order valence-corrected chi connectivity index (χ4v) is 2.97. The van der Waals surface area contributed by atoms with Gasteiger partial charge in [-0.05, 0) is 33.0 Å². The molecule has 2 aromatic rings. The maximum Gasteiger partial charge on any atom is 0.296 e. The van der Waals surface area contributed by atoms with E-state index in [9.17, 15) is 8.78 Å². The van der Waals surface area contributed by atoms with Crippen molar-refractivity contribution in [2.24, 2.45) is 0 Å². The summed E-state index contributed by atoms with van der Waals surface area (Å²) in [5.74, 6) is -2.27. The van der Waals surface area contributed by atoms with Gasteiger partial charge in [0, 0.05) is 13.0 Å². The molecule has 0 aliphatic carbocycles. The van der Waals surface area contributed by atoms with Crippen LogP contribution in [0.25, 0.3) is 10.9 Å². The molecule has 1 aliphatic rings. The normalized spacial score (nSPS) is 20.8. The van der Waals surface area contributed by atoms with Crippen molar-refractivity contribution >= 4 is 16.7 Å². The predicted molar refractivity (Wildman–Crippen MR) is 91.2 cm³/mol. The zero-order chi connectivity index (χ0) is 18.2. The molecule has 8 heteroatoms. The van der Waals surface area contributed by atoms with Gasteiger partial charge in [-0.15, -0.1) is 0 Å². The number of piperidine rings is 1. The maximum absolute atomic E-state index is 14.4. The number of aromatic nitrogens is 2. The number of hydrogen-bond donors (Lipinski definition) is 1. The number of likely N-dealkylation sites (tertiary alicyclic amines) is 1. The van der Waals surface area contributed by atoms with E-state index in [1.807, 2.05) is 13.8 Å². The minimum Gasteiger partial charge on any atom is -0.487 e. The van der Waals surface area contributed by atoms with Crippen molar-refractivity contribution in [3.8, 4) is 11.5 Å². The highest BCUT2D eigenvalue weighted by Gasteiger charge is 2.46. The molecule has 3 rings (SSSR count). The van der Waals surface area contributed by atoms with Crippen LogP contribution in [-0.2, 0) is 0 Å². The summed E-state index contributed by atoms with van der Waals surface area (Å²) in [4.78, 5) is 9.70. The molecule has 2 N–H and O–H groups in total. The Morgan fingerprint density at radius 3 is 2.76 bits per heavy atom. The molecule has 1 saturated heterocycles. The van der Waals surface area contributed by atoms with Crippen molar-refractivity contribution in [2.45, 2.75) is 38.4 Å². The fourth-order valence-electron chi connectivity index (χ4n) is 2.97. The van der Waals surface area contributed by atoms with Gasteiger partial charge in [-0.25, -0.2) is 18.7 Å². The first-order chi connectivity index (χ1) is 11.8. The Morgan fingerprint density at radius 2 is 2.08 bits per heavy atom. The number of benzene rings is 1. The fraction of sp³-hybridized carbons (Fsp3) is 0.529. The molecule has 1 fully saturated rings. The topological polar surface area (TPSA) is 73.5 Å². The van der Waals surface area contributed by atoms with Gasteiger partial charge in [-0.3, -0.25) is 0 Å². The minimum absolute atomic E-state index is 0.149. The van der Waals surface area contributed by atoms with Crippen molar-refractivity contribution in [2.75, 3.05) is 25.9 Å². The van der Waals surface area contributed by atoms with Gasteiger partial charge in [0.2, 0.25) is 0 Å². The van der Waals surface area contributed by atoms with Gasteiger partial charge < -0.3 is 20.1 Å². The van der Waals surface area contributed by atoms with Gasteiger partial charge in [0.25, 0.3) is 5.92 Å². The van der Waals surface area contributed by atoms with Crippen molar-refractivity contribution in [1.29, 1.82) is 0 Å². The van der Waals surface area contributed by atoms with Crippen molar-refractivity contribution in [3.63, 3.8) is 0 Å². The second kappa shape index (κ2) is 6.59. The van der Waals surface area contributed by atoms with E-state index < -0.39 is 12.0 Å². The van der Waals surface area contributed by atoms with E-state index in [0.717, 1.165) is 0 Å². The number of alkyl halides is 2. The number of nitrogen functional groups attached to an aromatic ring is 1. The number of ether oxygens (including phenoxy) is 2. The van der Waals surface area contributed by atoms with Crippen LogP contribution in [0.1, 0.15) is 20.3 Å². The number of anilines is 1. The third kappa shape index (κ3) is 3.58. The Kier molecular flexibility index (Phi) is 4.64. The largest absolute Gasteiger partial charge is 0.487 e. The molecule has 1 aromatic heterocycles. The van der Waals surface area contributed by atoms with Crippen LogP contribution >= 0.6 is 0 Å². The van der Waals surface area contributed by atoms with Gasteiger partial charge in [-0.1, -0.05) is 0 Å². The second-order valence-electron chi connectivity index (χ2n) is 6.61. The molecule has 1 aromatic carbocycles. The number of nitrogens with zero attached hydrogens (tertiary/aromatic N) is 3. The molecule has 1 aliphatic heterocycles. The second-order valence-corrected chi connectivity index (χ2v) is 6.61. The Labute approximate surface area is 144 Å². The molecule has 0 spiro atoms. The molecular weight excluding hydrogens is 330 g/mol. The maximum atomic E-state index is 14.4. The van der Waals surface area contributed by atoms with Crippen molar-refractivity contribution in [1.82, 2.24) is 14.9 Å². The van der Waals surface area contributed by atoms with Gasteiger partial charge in [-0.2, -0.15) is 0 Å². The number of hydrogen-bond acceptors (Lipinski definition) is 6. The summed E-state index contributed by atoms with van der Waals surface area (Å²) >= 11 is 0. The van der Waals surface area contributed by atoms with E-state index in [4.69, 9.17) is 15.2 Å². The third-order valence-corrected chi connectivity index (χ3v) is 4.10. The molecule has 1 unspecified atom stereocenters. The molecular formula is C17H22F2N4O2. The highest BCUT2D eigenvalue weighted by molar-refractivity contribution is 5.95. The average molecular weight is 352 g/mol. The first kappa shape index (κ1) is 17.6. The van der Waals surface area contributed by atoms with Crippen LogP contribution in [-0.4, -0.2) is 53.1 Å². The van der Waals surface area contributed by atoms with Crippen LogP contribution in [0, 0.1) is 0 Å². The molecule has 136 valence electrons. The SMILES string of the molecule is CC(C)Oc1ccc2ncnc(N)c2c1OC1CCN(C)CC1(F)F. The Bertz CT molecular complexity index is 770. The van der Waals surface area contributed by atoms with Crippen LogP contribution in [0.4, 0.5) is 14.6 Å². The first-order valence-electron chi connectivity index (χ1n) is 8.21. The lowest BCUT2D eigenvalue weighted by Crippen LogP contribution is -2.52. The Balaban J connectivity index is 2.06. The molecule has 6 nitrogen and oxygen atoms in total. The minimum atomic E-state index is -2.98. The Hall–Kier alpha value is -2.22. The quantitative estimate of drug-likeness (QED) is 0.912. The monoisotopic (exact) mass is 352 g/mol. The highest BCUT2D eigenvalue weighted by atomic mass is 19.3. The van der Waals surface area contributed by atoms with E-state index in [0.29, 0.717) is 23.2 Å². The number of rotatable bonds is 4. The summed E-state index contributed by atoms with van der Waals surface area (Å²) in [7, 11) is 1.67. The lowest BCUT2D eigenvalue weighted by atomic mass is 10.0. The number of halogens is 2. The van der Waals surface area contributed by atoms with E-state index in [1.54, 1.807) is 24.1 Å². The van der Waals surface area contributed by atoms with Crippen LogP contribution in [0.2, 0.25) is 0 Å². The Morgan fingerprint density at radius 1 is 1.32 bits per heavy atom. The van der Waals surface area contributed by atoms with Crippen molar-refractivity contribution < 1.29 is 18.3 Å². The van der Waals surface area contributed by atoms with E-state index >= 15 is 0 Å². The van der Waals surface area contributed by atoms with Crippen molar-refractivity contribution in [3.05, 3.63) is 18.5 Å². The predicted octanol–water partition coefficient (Wildman–Crippen LogP) is 2.72. The first-order valence-corrected chi connectivity index (χ1v) is 8.21. The van der Waals surface area contributed by atoms with E-state index in [-0.39, 0.29) is 30.6 Å². The van der Waals surface area contributed by atoms with Gasteiger partial charge in [0.05, 0.1) is 23.6 Å². The lowest BCUT2D eigenvalue weighted by molar-refractivity contribution is -0.135. The summed E-state index contributed by atoms with van der Waals surface area (Å²) in [6.45, 7) is 3.87. The van der Waals surface area contributed by atoms with E-state index in [1.165, 1.54) is 6.33 Å². The average Bonchev–Trinajstić information content (AvgIpc) is 2.51. The standard InChI is InChI=1S/C17H22F2N4O2/c1-10(2)24-12-5-4-11-14(16(20)22-9-21-11)15(12)25-13-6-7-23(3)8-17(13,18)19/h4-5,9-10,13H,6-8H2,1-3H3,(H2,20,21,22). The summed E-state index contributed by atoms with van der Waals surface area (Å²) in [6, 6.07) is 3.38. The summed E-state index contributed by atoms with van der Waals surface area (Å²) in [6.07, 6.45) is 0.121. The molecule has 0 amide bonds. The number of nitrogens with two attached hydrogens (primary N) is 1. The third-order valence-electron chi connectivity index (χ3n) is 4.10. The van der Waals surface area contributed by atoms with Crippen LogP contribution in [0.15, 0.2) is 18.5 Å². The van der Waals surface area contributed by atoms with Crippen LogP contribution < -0.4 is 15.2 Å². The molecule has 25 heavy (non-hydrogen) atoms. The zero-order valence-electron chi connectivity index (χ0n) is 14.5. The molecule has 1 atom stereocenters. The molecule has 0 radical (unpaired) electrons. The number of fused-ring (bicyclic) bond motifs is 1. The van der Waals surface area contributed by atoms with Gasteiger partial charge in [0.15, 0.2) is 17.6 Å². The van der Waals surface area contributed by atoms with Gasteiger partial charge in [0.1, 0.15) is 12.1 Å². The summed E-state index contributed by atoms with van der Waals surface area (Å²) in [5.41, 5.74) is 6.49. The van der Waals surface area contributed by atoms with Crippen LogP contribution in [0.3, 0.4) is 0 Å². The molecule has 0 saturated carbocycles.